The lowest BCUT2D eigenvalue weighted by Gasteiger charge is -2.10. The van der Waals surface area contributed by atoms with Crippen molar-refractivity contribution in [2.24, 2.45) is 0 Å². The maximum atomic E-state index is 12.0. The summed E-state index contributed by atoms with van der Waals surface area (Å²) in [5.74, 6) is 0.709. The summed E-state index contributed by atoms with van der Waals surface area (Å²) < 4.78 is 12.9. The van der Waals surface area contributed by atoms with Gasteiger partial charge in [0.05, 0.1) is 31.8 Å². The molecule has 2 aromatic rings. The quantitative estimate of drug-likeness (QED) is 0.728. The molecule has 1 aliphatic heterocycles. The molecule has 0 spiro atoms. The lowest BCUT2D eigenvalue weighted by Crippen LogP contribution is -2.18. The highest BCUT2D eigenvalue weighted by atomic mass is 16.5. The highest BCUT2D eigenvalue weighted by Crippen LogP contribution is 2.36. The number of tetrazole rings is 1. The van der Waals surface area contributed by atoms with Crippen LogP contribution in [0.5, 0.6) is 0 Å². The first-order chi connectivity index (χ1) is 12.8. The van der Waals surface area contributed by atoms with Crippen LogP contribution in [0.25, 0.3) is 11.4 Å². The van der Waals surface area contributed by atoms with Crippen LogP contribution >= 0.6 is 0 Å². The summed E-state index contributed by atoms with van der Waals surface area (Å²) in [5, 5.41) is 14.8. The Morgan fingerprint density at radius 3 is 2.85 bits per heavy atom. The van der Waals surface area contributed by atoms with Crippen molar-refractivity contribution in [2.45, 2.75) is 44.2 Å². The van der Waals surface area contributed by atoms with Crippen LogP contribution in [0, 0.1) is 0 Å². The third-order valence-corrected chi connectivity index (χ3v) is 4.61. The highest BCUT2D eigenvalue weighted by molar-refractivity contribution is 5.90. The van der Waals surface area contributed by atoms with E-state index in [4.69, 9.17) is 9.47 Å². The van der Waals surface area contributed by atoms with Gasteiger partial charge < -0.3 is 14.8 Å². The summed E-state index contributed by atoms with van der Waals surface area (Å²) in [7, 11) is 0. The first-order valence-corrected chi connectivity index (χ1v) is 9.17. The predicted octanol–water partition coefficient (Wildman–Crippen LogP) is 2.20. The molecule has 1 saturated heterocycles. The Kier molecular flexibility index (Phi) is 5.21. The Labute approximate surface area is 151 Å². The van der Waals surface area contributed by atoms with Gasteiger partial charge in [-0.15, -0.1) is 5.10 Å². The second-order valence-corrected chi connectivity index (χ2v) is 6.76. The molecule has 0 bridgehead atoms. The van der Waals surface area contributed by atoms with Crippen LogP contribution in [0.2, 0.25) is 0 Å². The number of benzene rings is 1. The van der Waals surface area contributed by atoms with Gasteiger partial charge in [0.1, 0.15) is 0 Å². The van der Waals surface area contributed by atoms with E-state index < -0.39 is 0 Å². The van der Waals surface area contributed by atoms with Crippen molar-refractivity contribution in [1.82, 2.24) is 20.2 Å². The molecule has 2 heterocycles. The second-order valence-electron chi connectivity index (χ2n) is 6.76. The number of hydrogen-bond acceptors (Lipinski definition) is 6. The summed E-state index contributed by atoms with van der Waals surface area (Å²) in [6.45, 7) is 1.79. The average Bonchev–Trinajstić information content (AvgIpc) is 3.16. The maximum Gasteiger partial charge on any atom is 0.226 e. The molecule has 1 aromatic heterocycles. The van der Waals surface area contributed by atoms with E-state index in [-0.39, 0.29) is 12.0 Å². The van der Waals surface area contributed by atoms with Crippen LogP contribution in [-0.4, -0.2) is 52.0 Å². The number of rotatable bonds is 8. The zero-order valence-corrected chi connectivity index (χ0v) is 14.6. The molecule has 1 unspecified atom stereocenters. The monoisotopic (exact) mass is 357 g/mol. The van der Waals surface area contributed by atoms with Crippen LogP contribution in [0.1, 0.15) is 38.1 Å². The van der Waals surface area contributed by atoms with Gasteiger partial charge in [0.25, 0.3) is 0 Å². The Hall–Kier alpha value is -2.32. The van der Waals surface area contributed by atoms with E-state index in [1.807, 2.05) is 28.9 Å². The largest absolute Gasteiger partial charge is 0.378 e. The first kappa shape index (κ1) is 17.1. The van der Waals surface area contributed by atoms with E-state index in [9.17, 15) is 4.79 Å². The van der Waals surface area contributed by atoms with E-state index in [2.05, 4.69) is 20.8 Å². The summed E-state index contributed by atoms with van der Waals surface area (Å²) >= 11 is 0. The SMILES string of the molecule is O=C(CCOCC1CCCO1)Nc1ccc(-c2nnnn2C2CC2)cc1. The van der Waals surface area contributed by atoms with Gasteiger partial charge >= 0.3 is 0 Å². The lowest BCUT2D eigenvalue weighted by molar-refractivity contribution is -0.117. The molecule has 2 aliphatic rings. The molecule has 1 atom stereocenters. The van der Waals surface area contributed by atoms with Gasteiger partial charge in [0.2, 0.25) is 5.91 Å². The molecular formula is C18H23N5O3. The van der Waals surface area contributed by atoms with Gasteiger partial charge in [0.15, 0.2) is 5.82 Å². The summed E-state index contributed by atoms with van der Waals surface area (Å²) in [5.41, 5.74) is 1.70. The van der Waals surface area contributed by atoms with Crippen LogP contribution < -0.4 is 5.32 Å². The summed E-state index contributed by atoms with van der Waals surface area (Å²) in [6.07, 6.45) is 4.91. The first-order valence-electron chi connectivity index (χ1n) is 9.17. The Bertz CT molecular complexity index is 736. The lowest BCUT2D eigenvalue weighted by atomic mass is 10.2. The standard InChI is InChI=1S/C18H23N5O3/c24-17(9-11-25-12-16-2-1-10-26-16)19-14-5-3-13(4-6-14)18-20-21-22-23(18)15-7-8-15/h3-6,15-16H,1-2,7-12H2,(H,19,24). The molecular weight excluding hydrogens is 334 g/mol. The van der Waals surface area contributed by atoms with Gasteiger partial charge in [-0.2, -0.15) is 0 Å². The fourth-order valence-electron chi connectivity index (χ4n) is 3.03. The minimum Gasteiger partial charge on any atom is -0.378 e. The molecule has 8 nitrogen and oxygen atoms in total. The van der Waals surface area contributed by atoms with Crippen molar-refractivity contribution in [1.29, 1.82) is 0 Å². The predicted molar refractivity (Wildman–Crippen MR) is 94.6 cm³/mol. The third kappa shape index (κ3) is 4.25. The molecule has 8 heteroatoms. The van der Waals surface area contributed by atoms with Crippen molar-refractivity contribution in [3.05, 3.63) is 24.3 Å². The van der Waals surface area contributed by atoms with Crippen molar-refractivity contribution < 1.29 is 14.3 Å². The Morgan fingerprint density at radius 1 is 1.27 bits per heavy atom. The van der Waals surface area contributed by atoms with Crippen LogP contribution in [-0.2, 0) is 14.3 Å². The van der Waals surface area contributed by atoms with Gasteiger partial charge in [-0.3, -0.25) is 4.79 Å². The van der Waals surface area contributed by atoms with E-state index in [1.165, 1.54) is 0 Å². The van der Waals surface area contributed by atoms with Gasteiger partial charge in [-0.1, -0.05) is 0 Å². The van der Waals surface area contributed by atoms with Crippen molar-refractivity contribution in [3.8, 4) is 11.4 Å². The fourth-order valence-corrected chi connectivity index (χ4v) is 3.03. The van der Waals surface area contributed by atoms with E-state index >= 15 is 0 Å². The normalized spacial score (nSPS) is 19.6. The Morgan fingerprint density at radius 2 is 2.12 bits per heavy atom. The van der Waals surface area contributed by atoms with E-state index in [0.717, 1.165) is 49.4 Å². The number of anilines is 1. The van der Waals surface area contributed by atoms with Gasteiger partial charge in [0, 0.05) is 17.9 Å². The molecule has 1 saturated carbocycles. The molecule has 26 heavy (non-hydrogen) atoms. The zero-order chi connectivity index (χ0) is 17.8. The number of nitrogens with zero attached hydrogens (tertiary/aromatic N) is 4. The van der Waals surface area contributed by atoms with Crippen LogP contribution in [0.3, 0.4) is 0 Å². The number of hydrogen-bond donors (Lipinski definition) is 1. The molecule has 1 N–H and O–H groups in total. The van der Waals surface area contributed by atoms with Crippen molar-refractivity contribution >= 4 is 11.6 Å². The van der Waals surface area contributed by atoms with Crippen LogP contribution in [0.15, 0.2) is 24.3 Å². The second kappa shape index (κ2) is 7.92. The third-order valence-electron chi connectivity index (χ3n) is 4.61. The van der Waals surface area contributed by atoms with Crippen molar-refractivity contribution in [3.63, 3.8) is 0 Å². The smallest absolute Gasteiger partial charge is 0.226 e. The topological polar surface area (TPSA) is 91.2 Å². The van der Waals surface area contributed by atoms with Crippen molar-refractivity contribution in [2.75, 3.05) is 25.1 Å². The van der Waals surface area contributed by atoms with Crippen LogP contribution in [0.4, 0.5) is 5.69 Å². The maximum absolute atomic E-state index is 12.0. The number of carbonyl (C=O) groups is 1. The zero-order valence-electron chi connectivity index (χ0n) is 14.6. The highest BCUT2D eigenvalue weighted by Gasteiger charge is 2.28. The minimum atomic E-state index is -0.0621. The minimum absolute atomic E-state index is 0.0621. The molecule has 4 rings (SSSR count). The summed E-state index contributed by atoms with van der Waals surface area (Å²) in [4.78, 5) is 12.0. The number of ether oxygens (including phenoxy) is 2. The average molecular weight is 357 g/mol. The molecule has 1 amide bonds. The molecule has 1 aromatic carbocycles. The molecule has 1 aliphatic carbocycles. The van der Waals surface area contributed by atoms with Gasteiger partial charge in [-0.05, 0) is 60.4 Å². The molecule has 2 fully saturated rings. The number of nitrogens with one attached hydrogen (secondary N) is 1. The van der Waals surface area contributed by atoms with E-state index in [1.54, 1.807) is 0 Å². The van der Waals surface area contributed by atoms with E-state index in [0.29, 0.717) is 25.7 Å². The summed E-state index contributed by atoms with van der Waals surface area (Å²) in [6, 6.07) is 8.01. The molecule has 0 radical (unpaired) electrons. The fraction of sp³-hybridized carbons (Fsp3) is 0.556. The van der Waals surface area contributed by atoms with Gasteiger partial charge in [-0.25, -0.2) is 4.68 Å². The Balaban J connectivity index is 1.24. The number of amides is 1. The number of carbonyl (C=O) groups excluding carboxylic acids is 1. The molecule has 138 valence electrons. The number of aromatic nitrogens is 4.